The number of amidine groups is 1. The maximum atomic E-state index is 4.45. The van der Waals surface area contributed by atoms with Crippen LogP contribution in [0.15, 0.2) is 23.5 Å². The monoisotopic (exact) mass is 207 g/mol. The van der Waals surface area contributed by atoms with E-state index in [1.54, 1.807) is 11.8 Å². The Labute approximate surface area is 88.0 Å². The van der Waals surface area contributed by atoms with Gasteiger partial charge in [-0.2, -0.15) is 0 Å². The molecule has 0 radical (unpaired) electrons. The van der Waals surface area contributed by atoms with Crippen molar-refractivity contribution >= 4 is 22.6 Å². The molecule has 0 aliphatic carbocycles. The van der Waals surface area contributed by atoms with Crippen molar-refractivity contribution in [2.75, 3.05) is 11.1 Å². The third kappa shape index (κ3) is 2.26. The number of nitrogens with one attached hydrogen (secondary N) is 1. The Morgan fingerprint density at radius 2 is 2.36 bits per heavy atom. The minimum atomic E-state index is 0.431. The molecular formula is C10H13N3S. The van der Waals surface area contributed by atoms with Gasteiger partial charge < -0.3 is 5.32 Å². The van der Waals surface area contributed by atoms with Crippen LogP contribution in [0.3, 0.4) is 0 Å². The number of aryl methyl sites for hydroxylation is 1. The van der Waals surface area contributed by atoms with E-state index in [-0.39, 0.29) is 0 Å². The maximum Gasteiger partial charge on any atom is 0.161 e. The zero-order chi connectivity index (χ0) is 9.97. The summed E-state index contributed by atoms with van der Waals surface area (Å²) in [6.07, 6.45) is 3.66. The minimum Gasteiger partial charge on any atom is -0.334 e. The van der Waals surface area contributed by atoms with Crippen molar-refractivity contribution in [2.45, 2.75) is 19.9 Å². The lowest BCUT2D eigenvalue weighted by atomic mass is 10.3. The van der Waals surface area contributed by atoms with Gasteiger partial charge in [-0.3, -0.25) is 9.98 Å². The van der Waals surface area contributed by atoms with Gasteiger partial charge in [-0.1, -0.05) is 11.8 Å². The third-order valence-corrected chi connectivity index (χ3v) is 3.06. The van der Waals surface area contributed by atoms with Crippen LogP contribution in [0, 0.1) is 6.92 Å². The first kappa shape index (κ1) is 9.52. The molecule has 1 atom stereocenters. The smallest absolute Gasteiger partial charge is 0.161 e. The normalized spacial score (nSPS) is 20.7. The Morgan fingerprint density at radius 1 is 1.50 bits per heavy atom. The summed E-state index contributed by atoms with van der Waals surface area (Å²) in [4.78, 5) is 8.57. The van der Waals surface area contributed by atoms with Crippen molar-refractivity contribution < 1.29 is 0 Å². The van der Waals surface area contributed by atoms with Gasteiger partial charge in [0.15, 0.2) is 5.17 Å². The van der Waals surface area contributed by atoms with Crippen molar-refractivity contribution in [1.29, 1.82) is 0 Å². The van der Waals surface area contributed by atoms with Crippen molar-refractivity contribution in [1.82, 2.24) is 4.98 Å². The highest BCUT2D eigenvalue weighted by molar-refractivity contribution is 8.14. The Bertz CT molecular complexity index is 362. The van der Waals surface area contributed by atoms with E-state index in [9.17, 15) is 0 Å². The predicted molar refractivity (Wildman–Crippen MR) is 62.0 cm³/mol. The highest BCUT2D eigenvalue weighted by Gasteiger charge is 2.13. The van der Waals surface area contributed by atoms with E-state index < -0.39 is 0 Å². The molecule has 0 bridgehead atoms. The summed E-state index contributed by atoms with van der Waals surface area (Å²) in [7, 11) is 0. The van der Waals surface area contributed by atoms with Crippen molar-refractivity contribution in [2.24, 2.45) is 4.99 Å². The quantitative estimate of drug-likeness (QED) is 0.767. The molecule has 1 unspecified atom stereocenters. The van der Waals surface area contributed by atoms with Gasteiger partial charge in [-0.25, -0.2) is 0 Å². The zero-order valence-electron chi connectivity index (χ0n) is 8.32. The summed E-state index contributed by atoms with van der Waals surface area (Å²) in [5, 5.41) is 4.27. The second-order valence-electron chi connectivity index (χ2n) is 3.47. The molecule has 0 amide bonds. The number of nitrogens with zero attached hydrogens (tertiary/aromatic N) is 2. The van der Waals surface area contributed by atoms with E-state index in [2.05, 4.69) is 28.3 Å². The number of hydrogen-bond donors (Lipinski definition) is 1. The van der Waals surface area contributed by atoms with E-state index in [0.29, 0.717) is 6.04 Å². The Balaban J connectivity index is 2.08. The van der Waals surface area contributed by atoms with E-state index in [1.807, 2.05) is 19.3 Å². The minimum absolute atomic E-state index is 0.431. The topological polar surface area (TPSA) is 37.3 Å². The van der Waals surface area contributed by atoms with Crippen LogP contribution in [0.4, 0.5) is 5.69 Å². The number of aromatic nitrogens is 1. The third-order valence-electron chi connectivity index (χ3n) is 1.93. The average Bonchev–Trinajstić information content (AvgIpc) is 2.51. The van der Waals surface area contributed by atoms with E-state index in [1.165, 1.54) is 0 Å². The lowest BCUT2D eigenvalue weighted by molar-refractivity contribution is 0.865. The van der Waals surface area contributed by atoms with Crippen LogP contribution < -0.4 is 5.32 Å². The van der Waals surface area contributed by atoms with Gasteiger partial charge in [0.25, 0.3) is 0 Å². The van der Waals surface area contributed by atoms with Crippen LogP contribution in [-0.4, -0.2) is 21.9 Å². The molecule has 3 nitrogen and oxygen atoms in total. The highest BCUT2D eigenvalue weighted by atomic mass is 32.2. The van der Waals surface area contributed by atoms with Crippen molar-refractivity contribution in [3.05, 3.63) is 24.0 Å². The molecule has 1 aromatic heterocycles. The molecule has 1 aliphatic rings. The molecule has 14 heavy (non-hydrogen) atoms. The summed E-state index contributed by atoms with van der Waals surface area (Å²) in [6, 6.07) is 2.50. The van der Waals surface area contributed by atoms with Gasteiger partial charge in [-0.05, 0) is 25.5 Å². The number of hydrogen-bond acceptors (Lipinski definition) is 4. The summed E-state index contributed by atoms with van der Waals surface area (Å²) in [6.45, 7) is 4.15. The molecule has 74 valence electrons. The average molecular weight is 207 g/mol. The first-order valence-corrected chi connectivity index (χ1v) is 5.62. The largest absolute Gasteiger partial charge is 0.334 e. The van der Waals surface area contributed by atoms with Gasteiger partial charge in [0.1, 0.15) is 0 Å². The van der Waals surface area contributed by atoms with Gasteiger partial charge in [0.05, 0.1) is 17.9 Å². The maximum absolute atomic E-state index is 4.45. The molecule has 2 heterocycles. The van der Waals surface area contributed by atoms with Crippen molar-refractivity contribution in [3.63, 3.8) is 0 Å². The Kier molecular flexibility index (Phi) is 2.72. The Hall–Kier alpha value is -1.03. The van der Waals surface area contributed by atoms with Gasteiger partial charge in [0, 0.05) is 11.9 Å². The molecule has 0 fully saturated rings. The summed E-state index contributed by atoms with van der Waals surface area (Å²) >= 11 is 1.76. The number of pyridine rings is 1. The van der Waals surface area contributed by atoms with Crippen molar-refractivity contribution in [3.8, 4) is 0 Å². The molecule has 0 saturated heterocycles. The first-order valence-electron chi connectivity index (χ1n) is 4.63. The molecule has 0 saturated carbocycles. The fourth-order valence-corrected chi connectivity index (χ4v) is 2.21. The lowest BCUT2D eigenvalue weighted by Gasteiger charge is -2.04. The van der Waals surface area contributed by atoms with Gasteiger partial charge >= 0.3 is 0 Å². The fourth-order valence-electron chi connectivity index (χ4n) is 1.29. The van der Waals surface area contributed by atoms with Crippen LogP contribution in [0.5, 0.6) is 0 Å². The fraction of sp³-hybridized carbons (Fsp3) is 0.400. The summed E-state index contributed by atoms with van der Waals surface area (Å²) in [5.41, 5.74) is 2.18. The van der Waals surface area contributed by atoms with E-state index >= 15 is 0 Å². The van der Waals surface area contributed by atoms with Gasteiger partial charge in [-0.15, -0.1) is 0 Å². The second-order valence-corrected chi connectivity index (χ2v) is 4.48. The molecule has 1 N–H and O–H groups in total. The molecule has 1 aliphatic heterocycles. The van der Waals surface area contributed by atoms with Crippen LogP contribution in [0.1, 0.15) is 12.5 Å². The zero-order valence-corrected chi connectivity index (χ0v) is 9.14. The number of rotatable bonds is 1. The summed E-state index contributed by atoms with van der Waals surface area (Å²) in [5.74, 6) is 1.07. The predicted octanol–water partition coefficient (Wildman–Crippen LogP) is 2.29. The highest BCUT2D eigenvalue weighted by Crippen LogP contribution is 2.19. The number of aliphatic imine (C=N–C) groups is 1. The number of thioether (sulfide) groups is 1. The molecule has 0 aromatic carbocycles. The lowest BCUT2D eigenvalue weighted by Crippen LogP contribution is -2.05. The van der Waals surface area contributed by atoms with Gasteiger partial charge in [0.2, 0.25) is 0 Å². The first-order chi connectivity index (χ1) is 6.74. The second kappa shape index (κ2) is 4.00. The van der Waals surface area contributed by atoms with Crippen LogP contribution in [0.2, 0.25) is 0 Å². The van der Waals surface area contributed by atoms with Crippen LogP contribution >= 0.6 is 11.8 Å². The van der Waals surface area contributed by atoms with E-state index in [4.69, 9.17) is 0 Å². The molecule has 4 heteroatoms. The molecular weight excluding hydrogens is 194 g/mol. The van der Waals surface area contributed by atoms with Crippen LogP contribution in [-0.2, 0) is 0 Å². The molecule has 1 aromatic rings. The Morgan fingerprint density at radius 3 is 3.00 bits per heavy atom. The molecule has 0 spiro atoms. The van der Waals surface area contributed by atoms with E-state index in [0.717, 1.165) is 22.2 Å². The summed E-state index contributed by atoms with van der Waals surface area (Å²) < 4.78 is 0. The SMILES string of the molecule is Cc1cncc(NC2=NC(C)CS2)c1. The number of anilines is 1. The standard InChI is InChI=1S/C10H13N3S/c1-7-3-9(5-11-4-7)13-10-12-8(2)6-14-10/h3-5,8H,6H2,1-2H3,(H,12,13). The van der Waals surface area contributed by atoms with Crippen LogP contribution in [0.25, 0.3) is 0 Å². The molecule has 2 rings (SSSR count).